The molecule has 0 aliphatic carbocycles. The molecule has 1 aliphatic heterocycles. The van der Waals surface area contributed by atoms with Crippen LogP contribution in [0.4, 0.5) is 8.78 Å². The molecule has 0 bridgehead atoms. The van der Waals surface area contributed by atoms with Crippen LogP contribution in [0.5, 0.6) is 0 Å². The van der Waals surface area contributed by atoms with Gasteiger partial charge in [-0.05, 0) is 37.6 Å². The maximum Gasteiger partial charge on any atom is 0.345 e. The molecule has 1 amide bonds. The highest BCUT2D eigenvalue weighted by Gasteiger charge is 2.30. The molecule has 1 aromatic heterocycles. The number of hydrogen-bond donors (Lipinski definition) is 0. The number of alkyl halides is 2. The minimum absolute atomic E-state index is 0.155. The van der Waals surface area contributed by atoms with Gasteiger partial charge in [0.25, 0.3) is 5.91 Å². The Labute approximate surface area is 133 Å². The second-order valence-corrected chi connectivity index (χ2v) is 5.67. The predicted octanol–water partition coefficient (Wildman–Crippen LogP) is 3.24. The third-order valence-electron chi connectivity index (χ3n) is 3.99. The number of ether oxygens (including phenoxy) is 1. The van der Waals surface area contributed by atoms with E-state index in [0.717, 1.165) is 11.3 Å². The second kappa shape index (κ2) is 6.50. The van der Waals surface area contributed by atoms with E-state index in [1.54, 1.807) is 4.90 Å². The van der Waals surface area contributed by atoms with Crippen molar-refractivity contribution >= 4 is 5.91 Å². The van der Waals surface area contributed by atoms with Crippen molar-refractivity contribution in [3.05, 3.63) is 53.9 Å². The molecule has 0 radical (unpaired) electrons. The van der Waals surface area contributed by atoms with Gasteiger partial charge in [-0.15, -0.1) is 0 Å². The Hall–Kier alpha value is -2.21. The Morgan fingerprint density at radius 3 is 2.74 bits per heavy atom. The van der Waals surface area contributed by atoms with Crippen LogP contribution in [0.3, 0.4) is 0 Å². The Morgan fingerprint density at radius 1 is 1.30 bits per heavy atom. The largest absolute Gasteiger partial charge is 0.345 e. The monoisotopic (exact) mass is 320 g/mol. The summed E-state index contributed by atoms with van der Waals surface area (Å²) >= 11 is 0. The first-order valence-electron chi connectivity index (χ1n) is 7.51. The summed E-state index contributed by atoms with van der Waals surface area (Å²) in [4.78, 5) is 14.4. The molecule has 1 fully saturated rings. The van der Waals surface area contributed by atoms with E-state index in [1.807, 2.05) is 54.2 Å². The minimum Gasteiger partial charge on any atom is -0.336 e. The van der Waals surface area contributed by atoms with Gasteiger partial charge in [-0.3, -0.25) is 4.79 Å². The number of hydrogen-bond acceptors (Lipinski definition) is 2. The van der Waals surface area contributed by atoms with E-state index < -0.39 is 12.7 Å². The summed E-state index contributed by atoms with van der Waals surface area (Å²) in [6.07, 6.45) is 3.57. The molecule has 1 aliphatic rings. The van der Waals surface area contributed by atoms with Crippen molar-refractivity contribution in [2.45, 2.75) is 26.1 Å². The highest BCUT2D eigenvalue weighted by atomic mass is 19.3. The highest BCUT2D eigenvalue weighted by molar-refractivity contribution is 5.98. The number of rotatable bonds is 4. The Balaban J connectivity index is 1.84. The lowest BCUT2D eigenvalue weighted by atomic mass is 10.1. The van der Waals surface area contributed by atoms with Crippen molar-refractivity contribution in [1.29, 1.82) is 0 Å². The number of benzene rings is 1. The molecule has 2 heterocycles. The molecule has 0 unspecified atom stereocenters. The molecule has 23 heavy (non-hydrogen) atoms. The number of aromatic nitrogens is 1. The number of aryl methyl sites for hydroxylation is 1. The van der Waals surface area contributed by atoms with Crippen LogP contribution in [-0.4, -0.2) is 41.2 Å². The third kappa shape index (κ3) is 3.42. The van der Waals surface area contributed by atoms with Crippen LogP contribution in [0.25, 0.3) is 5.69 Å². The lowest BCUT2D eigenvalue weighted by Crippen LogP contribution is -2.31. The summed E-state index contributed by atoms with van der Waals surface area (Å²) in [6.45, 7) is -0.259. The minimum atomic E-state index is -2.80. The van der Waals surface area contributed by atoms with Crippen LogP contribution in [-0.2, 0) is 4.74 Å². The van der Waals surface area contributed by atoms with Crippen LogP contribution in [0.1, 0.15) is 22.3 Å². The van der Waals surface area contributed by atoms with Gasteiger partial charge in [-0.2, -0.15) is 8.78 Å². The summed E-state index contributed by atoms with van der Waals surface area (Å²) in [5.74, 6) is -0.155. The Morgan fingerprint density at radius 2 is 2.04 bits per heavy atom. The first-order valence-corrected chi connectivity index (χ1v) is 7.51. The molecule has 122 valence electrons. The van der Waals surface area contributed by atoms with E-state index in [9.17, 15) is 13.6 Å². The molecular weight excluding hydrogens is 302 g/mol. The molecule has 3 rings (SSSR count). The van der Waals surface area contributed by atoms with Gasteiger partial charge in [0.2, 0.25) is 0 Å². The Kier molecular flexibility index (Phi) is 4.43. The molecule has 4 nitrogen and oxygen atoms in total. The SMILES string of the molecule is Cc1ccc(-n2cccc2)c(C(=O)N2CC[C@H](OC(F)F)C2)c1. The molecular formula is C17H18F2N2O2. The first kappa shape index (κ1) is 15.7. The number of likely N-dealkylation sites (tertiary alicyclic amines) is 1. The standard InChI is InChI=1S/C17H18F2N2O2/c1-12-4-5-15(20-7-2-3-8-20)14(10-12)16(22)21-9-6-13(11-21)23-17(18)19/h2-5,7-8,10,13,17H,6,9,11H2,1H3/t13-/m0/s1. The number of halogens is 2. The highest BCUT2D eigenvalue weighted by Crippen LogP contribution is 2.23. The zero-order chi connectivity index (χ0) is 16.4. The third-order valence-corrected chi connectivity index (χ3v) is 3.99. The maximum absolute atomic E-state index is 12.8. The zero-order valence-electron chi connectivity index (χ0n) is 12.8. The summed E-state index contributed by atoms with van der Waals surface area (Å²) in [7, 11) is 0. The zero-order valence-corrected chi connectivity index (χ0v) is 12.8. The molecule has 2 aromatic rings. The fourth-order valence-corrected chi connectivity index (χ4v) is 2.88. The van der Waals surface area contributed by atoms with E-state index in [1.165, 1.54) is 0 Å². The lowest BCUT2D eigenvalue weighted by molar-refractivity contribution is -0.158. The van der Waals surface area contributed by atoms with E-state index in [2.05, 4.69) is 4.74 Å². The number of carbonyl (C=O) groups is 1. The van der Waals surface area contributed by atoms with Crippen LogP contribution in [0.15, 0.2) is 42.7 Å². The lowest BCUT2D eigenvalue weighted by Gasteiger charge is -2.19. The van der Waals surface area contributed by atoms with E-state index in [4.69, 9.17) is 0 Å². The fourth-order valence-electron chi connectivity index (χ4n) is 2.88. The molecule has 0 spiro atoms. The average Bonchev–Trinajstić information content (AvgIpc) is 3.17. The van der Waals surface area contributed by atoms with Crippen LogP contribution < -0.4 is 0 Å². The van der Waals surface area contributed by atoms with Crippen LogP contribution in [0, 0.1) is 6.92 Å². The normalized spacial score (nSPS) is 17.9. The van der Waals surface area contributed by atoms with Crippen molar-refractivity contribution in [3.63, 3.8) is 0 Å². The van der Waals surface area contributed by atoms with Crippen molar-refractivity contribution in [3.8, 4) is 5.69 Å². The summed E-state index contributed by atoms with van der Waals surface area (Å²) < 4.78 is 31.0. The molecule has 1 aromatic carbocycles. The van der Waals surface area contributed by atoms with Gasteiger partial charge >= 0.3 is 6.61 Å². The van der Waals surface area contributed by atoms with Crippen LogP contribution >= 0.6 is 0 Å². The summed E-state index contributed by atoms with van der Waals surface area (Å²) in [5.41, 5.74) is 2.33. The Bertz CT molecular complexity index is 686. The summed E-state index contributed by atoms with van der Waals surface area (Å²) in [6, 6.07) is 9.44. The topological polar surface area (TPSA) is 34.5 Å². The molecule has 0 saturated carbocycles. The van der Waals surface area contributed by atoms with E-state index in [0.29, 0.717) is 18.5 Å². The molecule has 6 heteroatoms. The van der Waals surface area contributed by atoms with Gasteiger partial charge in [-0.25, -0.2) is 0 Å². The molecule has 0 N–H and O–H groups in total. The predicted molar refractivity (Wildman–Crippen MR) is 81.9 cm³/mol. The quantitative estimate of drug-likeness (QED) is 0.867. The molecule has 1 saturated heterocycles. The van der Waals surface area contributed by atoms with Crippen LogP contribution in [0.2, 0.25) is 0 Å². The van der Waals surface area contributed by atoms with Gasteiger partial charge in [-0.1, -0.05) is 11.6 Å². The molecule has 1 atom stereocenters. The van der Waals surface area contributed by atoms with E-state index in [-0.39, 0.29) is 12.5 Å². The van der Waals surface area contributed by atoms with Gasteiger partial charge in [0.05, 0.1) is 17.4 Å². The average molecular weight is 320 g/mol. The van der Waals surface area contributed by atoms with Gasteiger partial charge in [0, 0.05) is 25.5 Å². The number of amides is 1. The van der Waals surface area contributed by atoms with Gasteiger partial charge in [0.15, 0.2) is 0 Å². The second-order valence-electron chi connectivity index (χ2n) is 5.67. The van der Waals surface area contributed by atoms with Gasteiger partial charge in [0.1, 0.15) is 0 Å². The fraction of sp³-hybridized carbons (Fsp3) is 0.353. The maximum atomic E-state index is 12.8. The summed E-state index contributed by atoms with van der Waals surface area (Å²) in [5, 5.41) is 0. The smallest absolute Gasteiger partial charge is 0.336 e. The van der Waals surface area contributed by atoms with Gasteiger partial charge < -0.3 is 14.2 Å². The van der Waals surface area contributed by atoms with E-state index >= 15 is 0 Å². The van der Waals surface area contributed by atoms with Crippen molar-refractivity contribution in [2.75, 3.05) is 13.1 Å². The first-order chi connectivity index (χ1) is 11.0. The van der Waals surface area contributed by atoms with Crippen molar-refractivity contribution in [1.82, 2.24) is 9.47 Å². The number of nitrogens with zero attached hydrogens (tertiary/aromatic N) is 2. The number of carbonyl (C=O) groups excluding carboxylic acids is 1. The van der Waals surface area contributed by atoms with Crippen molar-refractivity contribution in [2.24, 2.45) is 0 Å². The van der Waals surface area contributed by atoms with Crippen molar-refractivity contribution < 1.29 is 18.3 Å².